The Hall–Kier alpha value is -1.98. The van der Waals surface area contributed by atoms with Crippen LogP contribution in [0.1, 0.15) is 43.4 Å². The summed E-state index contributed by atoms with van der Waals surface area (Å²) in [5.74, 6) is 1.87. The van der Waals surface area contributed by atoms with Crippen LogP contribution in [0.5, 0.6) is 0 Å². The summed E-state index contributed by atoms with van der Waals surface area (Å²) >= 11 is 0. The van der Waals surface area contributed by atoms with Gasteiger partial charge in [0.05, 0.1) is 18.3 Å². The molecule has 5 heterocycles. The van der Waals surface area contributed by atoms with Gasteiger partial charge in [0.1, 0.15) is 17.6 Å². The van der Waals surface area contributed by atoms with Gasteiger partial charge in [-0.2, -0.15) is 5.10 Å². The Balaban J connectivity index is 1.38. The Morgan fingerprint density at radius 2 is 1.89 bits per heavy atom. The second-order valence-electron chi connectivity index (χ2n) is 8.78. The fraction of sp³-hybridized carbons (Fsp3) is 0.545. The van der Waals surface area contributed by atoms with Crippen LogP contribution in [-0.4, -0.2) is 41.3 Å². The highest BCUT2D eigenvalue weighted by Gasteiger charge is 2.45. The van der Waals surface area contributed by atoms with E-state index in [0.29, 0.717) is 4.48 Å². The molecule has 1 aliphatic carbocycles. The largest absolute Gasteiger partial charge is 0.393 e. The molecule has 0 aromatic carbocycles. The fourth-order valence-corrected chi connectivity index (χ4v) is 5.81. The van der Waals surface area contributed by atoms with Crippen molar-refractivity contribution < 1.29 is 0 Å². The van der Waals surface area contributed by atoms with E-state index < -0.39 is 0 Å². The molecule has 27 heavy (non-hydrogen) atoms. The van der Waals surface area contributed by atoms with Crippen molar-refractivity contribution in [3.05, 3.63) is 47.6 Å². The van der Waals surface area contributed by atoms with Gasteiger partial charge in [-0.3, -0.25) is 0 Å². The molecule has 0 spiro atoms. The molecule has 6 rings (SSSR count). The van der Waals surface area contributed by atoms with Crippen molar-refractivity contribution in [2.24, 2.45) is 17.6 Å². The number of fused-ring (bicyclic) bond motifs is 7. The number of nitrogens with two attached hydrogens (primary N) is 1. The average Bonchev–Trinajstić information content (AvgIpc) is 2.84. The number of hydrogen-bond donors (Lipinski definition) is 1. The highest BCUT2D eigenvalue weighted by atomic mass is 15.4. The van der Waals surface area contributed by atoms with Gasteiger partial charge in [0, 0.05) is 32.1 Å². The van der Waals surface area contributed by atoms with Crippen molar-refractivity contribution >= 4 is 11.4 Å². The van der Waals surface area contributed by atoms with Crippen LogP contribution < -0.4 is 10.2 Å². The van der Waals surface area contributed by atoms with E-state index in [4.69, 9.17) is 5.73 Å². The predicted octanol–water partition coefficient (Wildman–Crippen LogP) is 3.33. The summed E-state index contributed by atoms with van der Waals surface area (Å²) in [6.45, 7) is 6.88. The third-order valence-corrected chi connectivity index (χ3v) is 7.08. The lowest BCUT2D eigenvalue weighted by Gasteiger charge is -2.34. The minimum absolute atomic E-state index is 0.708. The molecule has 2 N–H and O–H groups in total. The van der Waals surface area contributed by atoms with Gasteiger partial charge in [0.2, 0.25) is 0 Å². The summed E-state index contributed by atoms with van der Waals surface area (Å²) in [7, 11) is 0. The van der Waals surface area contributed by atoms with Crippen LogP contribution in [-0.2, 0) is 0 Å². The lowest BCUT2D eigenvalue weighted by atomic mass is 9.84. The zero-order valence-corrected chi connectivity index (χ0v) is 16.3. The van der Waals surface area contributed by atoms with Gasteiger partial charge in [0.25, 0.3) is 0 Å². The molecule has 1 unspecified atom stereocenters. The first-order chi connectivity index (χ1) is 13.2. The first-order valence-electron chi connectivity index (χ1n) is 10.5. The molecule has 3 fully saturated rings. The molecule has 142 valence electrons. The predicted molar refractivity (Wildman–Crippen MR) is 109 cm³/mol. The molecular weight excluding hydrogens is 334 g/mol. The van der Waals surface area contributed by atoms with E-state index in [0.717, 1.165) is 41.8 Å². The summed E-state index contributed by atoms with van der Waals surface area (Å²) in [6.07, 6.45) is 17.5. The van der Waals surface area contributed by atoms with Gasteiger partial charge in [0.15, 0.2) is 11.4 Å². The molecule has 5 nitrogen and oxygen atoms in total. The molecule has 0 amide bonds. The van der Waals surface area contributed by atoms with Crippen molar-refractivity contribution in [2.45, 2.75) is 39.0 Å². The normalized spacial score (nSPS) is 31.9. The number of hydrogen-bond acceptors (Lipinski definition) is 4. The molecule has 1 aromatic heterocycles. The maximum absolute atomic E-state index is 6.54. The Morgan fingerprint density at radius 1 is 1.15 bits per heavy atom. The third-order valence-electron chi connectivity index (χ3n) is 7.08. The standard InChI is InChI=1S/C22H30N5/c1-16-22-19(13-24-25-16)21(23)20-5-2-3-11-27(20,22)12-4-10-26-14-17-6-7-18(15-26)9-8-17/h2-3,5,11,13,17-18H,4,6-10,12,14-15,23H2,1H3/q+1. The van der Waals surface area contributed by atoms with E-state index in [9.17, 15) is 0 Å². The van der Waals surface area contributed by atoms with Crippen molar-refractivity contribution in [2.75, 3.05) is 26.2 Å². The van der Waals surface area contributed by atoms with Crippen molar-refractivity contribution in [1.82, 2.24) is 19.6 Å². The molecule has 2 bridgehead atoms. The fourth-order valence-electron chi connectivity index (χ4n) is 5.81. The first-order valence-corrected chi connectivity index (χ1v) is 10.5. The van der Waals surface area contributed by atoms with Crippen LogP contribution in [0.3, 0.4) is 0 Å². The molecule has 5 heteroatoms. The summed E-state index contributed by atoms with van der Waals surface area (Å²) in [5.41, 5.74) is 11.8. The van der Waals surface area contributed by atoms with E-state index >= 15 is 0 Å². The van der Waals surface area contributed by atoms with Crippen LogP contribution in [0, 0.1) is 18.8 Å². The van der Waals surface area contributed by atoms with E-state index in [1.165, 1.54) is 56.7 Å². The van der Waals surface area contributed by atoms with Crippen molar-refractivity contribution in [3.63, 3.8) is 0 Å². The summed E-state index contributed by atoms with van der Waals surface area (Å²) in [5, 5.41) is 8.50. The smallest absolute Gasteiger partial charge is 0.177 e. The minimum atomic E-state index is 0.708. The highest BCUT2D eigenvalue weighted by molar-refractivity contribution is 5.87. The van der Waals surface area contributed by atoms with Gasteiger partial charge in [-0.05, 0) is 50.5 Å². The van der Waals surface area contributed by atoms with E-state index in [1.807, 2.05) is 6.20 Å². The molecule has 1 saturated carbocycles. The minimum Gasteiger partial charge on any atom is -0.393 e. The lowest BCUT2D eigenvalue weighted by Crippen LogP contribution is -2.44. The van der Waals surface area contributed by atoms with Crippen LogP contribution in [0.2, 0.25) is 0 Å². The summed E-state index contributed by atoms with van der Waals surface area (Å²) in [4.78, 5) is 2.73. The molecule has 2 saturated heterocycles. The van der Waals surface area contributed by atoms with Gasteiger partial charge in [-0.1, -0.05) is 6.08 Å². The second-order valence-corrected chi connectivity index (χ2v) is 8.78. The monoisotopic (exact) mass is 364 g/mol. The quantitative estimate of drug-likeness (QED) is 0.833. The topological polar surface area (TPSA) is 55.0 Å². The van der Waals surface area contributed by atoms with E-state index in [1.54, 1.807) is 0 Å². The van der Waals surface area contributed by atoms with Gasteiger partial charge >= 0.3 is 0 Å². The van der Waals surface area contributed by atoms with Crippen LogP contribution in [0.15, 0.2) is 36.3 Å². The first kappa shape index (κ1) is 17.1. The SMILES string of the molecule is Cc1nncc2c1[N+]1(CCCN3CC4CCC(CC4)C3)C=CC=CC1=C2N. The van der Waals surface area contributed by atoms with E-state index in [2.05, 4.69) is 46.4 Å². The Labute approximate surface area is 161 Å². The van der Waals surface area contributed by atoms with Crippen LogP contribution >= 0.6 is 0 Å². The number of allylic oxidation sites excluding steroid dienone is 3. The molecular formula is C22H30N5+. The average molecular weight is 365 g/mol. The van der Waals surface area contributed by atoms with Gasteiger partial charge in [-0.25, -0.2) is 4.48 Å². The summed E-state index contributed by atoms with van der Waals surface area (Å²) in [6, 6.07) is 0. The Morgan fingerprint density at radius 3 is 2.63 bits per heavy atom. The summed E-state index contributed by atoms with van der Waals surface area (Å²) < 4.78 is 0.708. The Bertz CT molecular complexity index is 817. The number of quaternary nitrogens is 1. The zero-order chi connectivity index (χ0) is 18.4. The molecule has 1 aromatic rings. The number of aromatic nitrogens is 2. The maximum Gasteiger partial charge on any atom is 0.177 e. The third kappa shape index (κ3) is 2.75. The maximum atomic E-state index is 6.54. The van der Waals surface area contributed by atoms with Gasteiger partial charge in [-0.15, -0.1) is 5.10 Å². The van der Waals surface area contributed by atoms with E-state index in [-0.39, 0.29) is 0 Å². The number of rotatable bonds is 4. The number of nitrogens with zero attached hydrogens (tertiary/aromatic N) is 4. The molecule has 1 atom stereocenters. The van der Waals surface area contributed by atoms with Crippen molar-refractivity contribution in [1.29, 1.82) is 0 Å². The second kappa shape index (κ2) is 6.57. The number of aryl methyl sites for hydroxylation is 1. The molecule has 0 radical (unpaired) electrons. The van der Waals surface area contributed by atoms with Gasteiger partial charge < -0.3 is 10.6 Å². The Kier molecular flexibility index (Phi) is 4.17. The van der Waals surface area contributed by atoms with Crippen LogP contribution in [0.4, 0.5) is 5.69 Å². The van der Waals surface area contributed by atoms with Crippen molar-refractivity contribution in [3.8, 4) is 0 Å². The lowest BCUT2D eigenvalue weighted by molar-refractivity contribution is 0.242. The van der Waals surface area contributed by atoms with Crippen LogP contribution in [0.25, 0.3) is 5.70 Å². The zero-order valence-electron chi connectivity index (χ0n) is 16.3. The molecule has 5 aliphatic rings. The molecule has 4 aliphatic heterocycles. The highest BCUT2D eigenvalue weighted by Crippen LogP contribution is 2.46.